The third kappa shape index (κ3) is 5.75. The SMILES string of the molecule is COC(=O)C(Cc1ccccc1)NC(=O)COC(=O)c1ccc(Br)o1. The van der Waals surface area contributed by atoms with Crippen LogP contribution in [-0.4, -0.2) is 37.6 Å². The van der Waals surface area contributed by atoms with Crippen molar-refractivity contribution in [2.24, 2.45) is 0 Å². The molecule has 1 N–H and O–H groups in total. The van der Waals surface area contributed by atoms with Gasteiger partial charge in [0, 0.05) is 6.42 Å². The van der Waals surface area contributed by atoms with E-state index in [-0.39, 0.29) is 12.2 Å². The molecule has 0 spiro atoms. The lowest BCUT2D eigenvalue weighted by Gasteiger charge is -2.16. The number of carbonyl (C=O) groups is 3. The molecule has 25 heavy (non-hydrogen) atoms. The van der Waals surface area contributed by atoms with Crippen LogP contribution >= 0.6 is 15.9 Å². The molecule has 7 nitrogen and oxygen atoms in total. The van der Waals surface area contributed by atoms with E-state index in [1.54, 1.807) is 0 Å². The van der Waals surface area contributed by atoms with Crippen molar-refractivity contribution in [3.8, 4) is 0 Å². The summed E-state index contributed by atoms with van der Waals surface area (Å²) in [7, 11) is 1.24. The van der Waals surface area contributed by atoms with E-state index >= 15 is 0 Å². The largest absolute Gasteiger partial charge is 0.467 e. The number of halogens is 1. The fourth-order valence-corrected chi connectivity index (χ4v) is 2.35. The zero-order valence-electron chi connectivity index (χ0n) is 13.4. The van der Waals surface area contributed by atoms with Gasteiger partial charge in [-0.1, -0.05) is 30.3 Å². The molecule has 8 heteroatoms. The van der Waals surface area contributed by atoms with Crippen LogP contribution in [0.1, 0.15) is 16.1 Å². The second-order valence-corrected chi connectivity index (χ2v) is 5.79. The number of nitrogens with one attached hydrogen (secondary N) is 1. The summed E-state index contributed by atoms with van der Waals surface area (Å²) in [6.07, 6.45) is 0.262. The molecule has 0 aliphatic carbocycles. The number of ether oxygens (including phenoxy) is 2. The van der Waals surface area contributed by atoms with Gasteiger partial charge < -0.3 is 19.2 Å². The quantitative estimate of drug-likeness (QED) is 0.703. The fourth-order valence-electron chi connectivity index (χ4n) is 2.05. The smallest absolute Gasteiger partial charge is 0.374 e. The zero-order valence-corrected chi connectivity index (χ0v) is 14.9. The molecule has 2 rings (SSSR count). The van der Waals surface area contributed by atoms with E-state index in [2.05, 4.69) is 21.2 Å². The lowest BCUT2D eigenvalue weighted by molar-refractivity contribution is -0.145. The first-order chi connectivity index (χ1) is 12.0. The first kappa shape index (κ1) is 18.7. The Morgan fingerprint density at radius 2 is 1.88 bits per heavy atom. The third-order valence-corrected chi connectivity index (χ3v) is 3.64. The molecule has 1 atom stereocenters. The van der Waals surface area contributed by atoms with E-state index in [4.69, 9.17) is 13.9 Å². The summed E-state index contributed by atoms with van der Waals surface area (Å²) in [6, 6.07) is 11.2. The molecule has 1 heterocycles. The standard InChI is InChI=1S/C17H16BrNO6/c1-23-16(21)12(9-11-5-3-2-4-6-11)19-15(20)10-24-17(22)13-7-8-14(18)25-13/h2-8,12H,9-10H2,1H3,(H,19,20). The Kier molecular flexibility index (Phi) is 6.76. The molecule has 0 radical (unpaired) electrons. The second kappa shape index (κ2) is 9.03. The van der Waals surface area contributed by atoms with Crippen molar-refractivity contribution < 1.29 is 28.3 Å². The molecule has 132 valence electrons. The minimum absolute atomic E-state index is 0.0338. The van der Waals surface area contributed by atoms with Crippen molar-refractivity contribution in [2.45, 2.75) is 12.5 Å². The minimum Gasteiger partial charge on any atom is -0.467 e. The molecule has 0 aliphatic heterocycles. The highest BCUT2D eigenvalue weighted by atomic mass is 79.9. The van der Waals surface area contributed by atoms with Gasteiger partial charge in [-0.25, -0.2) is 9.59 Å². The number of furan rings is 1. The molecule has 1 unspecified atom stereocenters. The van der Waals surface area contributed by atoms with Crippen LogP contribution in [0, 0.1) is 0 Å². The monoisotopic (exact) mass is 409 g/mol. The average Bonchev–Trinajstić information content (AvgIpc) is 3.06. The molecule has 0 saturated heterocycles. The maximum atomic E-state index is 12.0. The van der Waals surface area contributed by atoms with E-state index in [1.807, 2.05) is 30.3 Å². The van der Waals surface area contributed by atoms with Crippen molar-refractivity contribution in [1.29, 1.82) is 0 Å². The summed E-state index contributed by atoms with van der Waals surface area (Å²) in [5, 5.41) is 2.50. The first-order valence-corrected chi connectivity index (χ1v) is 8.12. The van der Waals surface area contributed by atoms with Gasteiger partial charge in [0.2, 0.25) is 5.76 Å². The molecule has 1 aromatic carbocycles. The highest BCUT2D eigenvalue weighted by Gasteiger charge is 2.23. The highest BCUT2D eigenvalue weighted by molar-refractivity contribution is 9.10. The normalized spacial score (nSPS) is 11.4. The lowest BCUT2D eigenvalue weighted by atomic mass is 10.1. The Morgan fingerprint density at radius 3 is 2.48 bits per heavy atom. The van der Waals surface area contributed by atoms with Gasteiger partial charge in [0.05, 0.1) is 7.11 Å². The van der Waals surface area contributed by atoms with Gasteiger partial charge in [-0.2, -0.15) is 0 Å². The number of hydrogen-bond donors (Lipinski definition) is 1. The molecule has 0 fully saturated rings. The zero-order chi connectivity index (χ0) is 18.2. The summed E-state index contributed by atoms with van der Waals surface area (Å²) in [4.78, 5) is 35.5. The van der Waals surface area contributed by atoms with Crippen molar-refractivity contribution >= 4 is 33.8 Å². The van der Waals surface area contributed by atoms with Crippen molar-refractivity contribution in [3.05, 3.63) is 58.5 Å². The van der Waals surface area contributed by atoms with Gasteiger partial charge in [0.25, 0.3) is 5.91 Å². The Bertz CT molecular complexity index is 743. The fraction of sp³-hybridized carbons (Fsp3) is 0.235. The first-order valence-electron chi connectivity index (χ1n) is 7.33. The number of esters is 2. The maximum Gasteiger partial charge on any atom is 0.374 e. The molecular formula is C17H16BrNO6. The maximum absolute atomic E-state index is 12.0. The van der Waals surface area contributed by atoms with Crippen LogP contribution in [0.4, 0.5) is 0 Å². The number of benzene rings is 1. The number of methoxy groups -OCH3 is 1. The van der Waals surface area contributed by atoms with Crippen molar-refractivity contribution in [3.63, 3.8) is 0 Å². The van der Waals surface area contributed by atoms with E-state index in [0.717, 1.165) is 5.56 Å². The summed E-state index contributed by atoms with van der Waals surface area (Å²) in [5.41, 5.74) is 0.857. The lowest BCUT2D eigenvalue weighted by Crippen LogP contribution is -2.44. The highest BCUT2D eigenvalue weighted by Crippen LogP contribution is 2.14. The summed E-state index contributed by atoms with van der Waals surface area (Å²) in [6.45, 7) is -0.542. The van der Waals surface area contributed by atoms with Gasteiger partial charge in [-0.05, 0) is 33.6 Å². The Labute approximate surface area is 152 Å². The van der Waals surface area contributed by atoms with E-state index in [1.165, 1.54) is 19.2 Å². The topological polar surface area (TPSA) is 94.8 Å². The summed E-state index contributed by atoms with van der Waals surface area (Å²) < 4.78 is 15.0. The van der Waals surface area contributed by atoms with E-state index < -0.39 is 30.5 Å². The van der Waals surface area contributed by atoms with Crippen molar-refractivity contribution in [2.75, 3.05) is 13.7 Å². The molecule has 1 amide bonds. The van der Waals surface area contributed by atoms with Crippen molar-refractivity contribution in [1.82, 2.24) is 5.32 Å². The summed E-state index contributed by atoms with van der Waals surface area (Å²) >= 11 is 3.06. The van der Waals surface area contributed by atoms with Gasteiger partial charge >= 0.3 is 11.9 Å². The minimum atomic E-state index is -0.878. The molecule has 1 aromatic heterocycles. The number of amides is 1. The van der Waals surface area contributed by atoms with Gasteiger partial charge in [-0.3, -0.25) is 4.79 Å². The molecule has 0 bridgehead atoms. The Hall–Kier alpha value is -2.61. The van der Waals surface area contributed by atoms with Gasteiger partial charge in [0.1, 0.15) is 6.04 Å². The predicted molar refractivity (Wildman–Crippen MR) is 90.8 cm³/mol. The second-order valence-electron chi connectivity index (χ2n) is 5.01. The Morgan fingerprint density at radius 1 is 1.16 bits per heavy atom. The summed E-state index contributed by atoms with van der Waals surface area (Å²) in [5.74, 6) is -2.02. The number of carbonyl (C=O) groups excluding carboxylic acids is 3. The van der Waals surface area contributed by atoms with Crippen LogP contribution < -0.4 is 5.32 Å². The number of rotatable bonds is 7. The van der Waals surface area contributed by atoms with Crippen LogP contribution in [0.5, 0.6) is 0 Å². The van der Waals surface area contributed by atoms with Crippen LogP contribution in [0.15, 0.2) is 51.6 Å². The molecule has 0 saturated carbocycles. The molecule has 0 aliphatic rings. The molecular weight excluding hydrogens is 394 g/mol. The third-order valence-electron chi connectivity index (χ3n) is 3.21. The molecule has 2 aromatic rings. The Balaban J connectivity index is 1.90. The van der Waals surface area contributed by atoms with Crippen LogP contribution in [0.3, 0.4) is 0 Å². The van der Waals surface area contributed by atoms with Gasteiger partial charge in [0.15, 0.2) is 11.3 Å². The van der Waals surface area contributed by atoms with Crippen LogP contribution in [-0.2, 0) is 25.5 Å². The van der Waals surface area contributed by atoms with Crippen LogP contribution in [0.2, 0.25) is 0 Å². The van der Waals surface area contributed by atoms with Gasteiger partial charge in [-0.15, -0.1) is 0 Å². The van der Waals surface area contributed by atoms with E-state index in [9.17, 15) is 14.4 Å². The predicted octanol–water partition coefficient (Wildman–Crippen LogP) is 2.10. The average molecular weight is 410 g/mol. The van der Waals surface area contributed by atoms with Crippen LogP contribution in [0.25, 0.3) is 0 Å². The van der Waals surface area contributed by atoms with E-state index in [0.29, 0.717) is 4.67 Å². The number of hydrogen-bond acceptors (Lipinski definition) is 6.